The monoisotopic (exact) mass is 230 g/mol. The summed E-state index contributed by atoms with van der Waals surface area (Å²) in [6, 6.07) is 9.44. The summed E-state index contributed by atoms with van der Waals surface area (Å²) in [7, 11) is 0. The molecule has 17 heavy (non-hydrogen) atoms. The zero-order valence-electron chi connectivity index (χ0n) is 10.1. The summed E-state index contributed by atoms with van der Waals surface area (Å²) in [5, 5.41) is 22.5. The zero-order chi connectivity index (χ0) is 12.3. The first-order chi connectivity index (χ1) is 8.20. The van der Waals surface area contributed by atoms with E-state index in [0.717, 1.165) is 18.5 Å². The van der Waals surface area contributed by atoms with Crippen molar-refractivity contribution in [3.63, 3.8) is 0 Å². The molecule has 0 radical (unpaired) electrons. The molecule has 0 bridgehead atoms. The standard InChI is InChI=1S/C14H18N2O/c1-10-5-6-16-13(7-10)14(17)12-4-2-3-11(8-12)9-15/h2-4,8,10,13-14,16-17H,5-7H2,1H3. The van der Waals surface area contributed by atoms with Gasteiger partial charge in [0.25, 0.3) is 0 Å². The fourth-order valence-corrected chi connectivity index (χ4v) is 2.41. The minimum Gasteiger partial charge on any atom is -0.387 e. The lowest BCUT2D eigenvalue weighted by Crippen LogP contribution is -2.41. The first kappa shape index (κ1) is 12.1. The summed E-state index contributed by atoms with van der Waals surface area (Å²) in [6.45, 7) is 3.17. The molecule has 0 saturated carbocycles. The Hall–Kier alpha value is -1.37. The number of nitrogens with zero attached hydrogens (tertiary/aromatic N) is 1. The number of rotatable bonds is 2. The molecule has 1 saturated heterocycles. The van der Waals surface area contributed by atoms with Crippen molar-refractivity contribution in [1.82, 2.24) is 5.32 Å². The molecule has 3 nitrogen and oxygen atoms in total. The SMILES string of the molecule is CC1CCNC(C(O)c2cccc(C#N)c2)C1. The van der Waals surface area contributed by atoms with Gasteiger partial charge in [0.15, 0.2) is 0 Å². The molecule has 90 valence electrons. The third-order valence-corrected chi connectivity index (χ3v) is 3.44. The van der Waals surface area contributed by atoms with Gasteiger partial charge in [-0.1, -0.05) is 19.1 Å². The Labute approximate surface area is 102 Å². The van der Waals surface area contributed by atoms with Crippen molar-refractivity contribution in [3.8, 4) is 6.07 Å². The van der Waals surface area contributed by atoms with Gasteiger partial charge in [-0.15, -0.1) is 0 Å². The van der Waals surface area contributed by atoms with Gasteiger partial charge in [0, 0.05) is 6.04 Å². The molecule has 1 aliphatic heterocycles. The molecule has 3 atom stereocenters. The van der Waals surface area contributed by atoms with Crippen LogP contribution >= 0.6 is 0 Å². The van der Waals surface area contributed by atoms with Gasteiger partial charge in [-0.05, 0) is 43.0 Å². The second-order valence-corrected chi connectivity index (χ2v) is 4.87. The minimum absolute atomic E-state index is 0.104. The largest absolute Gasteiger partial charge is 0.387 e. The van der Waals surface area contributed by atoms with E-state index in [4.69, 9.17) is 5.26 Å². The average Bonchev–Trinajstić information content (AvgIpc) is 2.38. The predicted molar refractivity (Wildman–Crippen MR) is 66.3 cm³/mol. The van der Waals surface area contributed by atoms with E-state index < -0.39 is 6.10 Å². The minimum atomic E-state index is -0.522. The summed E-state index contributed by atoms with van der Waals surface area (Å²) in [5.74, 6) is 0.648. The van der Waals surface area contributed by atoms with Crippen LogP contribution in [0.1, 0.15) is 37.0 Å². The highest BCUT2D eigenvalue weighted by molar-refractivity contribution is 5.34. The fraction of sp³-hybridized carbons (Fsp3) is 0.500. The first-order valence-electron chi connectivity index (χ1n) is 6.12. The van der Waals surface area contributed by atoms with Crippen molar-refractivity contribution >= 4 is 0 Å². The normalized spacial score (nSPS) is 26.2. The highest BCUT2D eigenvalue weighted by atomic mass is 16.3. The van der Waals surface area contributed by atoms with Crippen LogP contribution in [-0.2, 0) is 0 Å². The summed E-state index contributed by atoms with van der Waals surface area (Å²) in [6.07, 6.45) is 1.63. The second kappa shape index (κ2) is 5.31. The van der Waals surface area contributed by atoms with Crippen LogP contribution in [0.4, 0.5) is 0 Å². The molecular weight excluding hydrogens is 212 g/mol. The number of hydrogen-bond donors (Lipinski definition) is 2. The van der Waals surface area contributed by atoms with E-state index in [1.54, 1.807) is 12.1 Å². The van der Waals surface area contributed by atoms with Crippen LogP contribution in [0.2, 0.25) is 0 Å². The predicted octanol–water partition coefficient (Wildman–Crippen LogP) is 1.98. The molecule has 0 aromatic heterocycles. The van der Waals surface area contributed by atoms with Crippen LogP contribution in [0.25, 0.3) is 0 Å². The van der Waals surface area contributed by atoms with E-state index in [1.165, 1.54) is 6.42 Å². The Morgan fingerprint density at radius 3 is 3.06 bits per heavy atom. The summed E-state index contributed by atoms with van der Waals surface area (Å²) in [5.41, 5.74) is 1.43. The van der Waals surface area contributed by atoms with Crippen molar-refractivity contribution in [2.24, 2.45) is 5.92 Å². The van der Waals surface area contributed by atoms with Crippen molar-refractivity contribution in [3.05, 3.63) is 35.4 Å². The highest BCUT2D eigenvalue weighted by Gasteiger charge is 2.25. The Balaban J connectivity index is 2.13. The molecular formula is C14H18N2O. The number of aliphatic hydroxyl groups excluding tert-OH is 1. The van der Waals surface area contributed by atoms with Gasteiger partial charge in [-0.2, -0.15) is 5.26 Å². The maximum Gasteiger partial charge on any atom is 0.0991 e. The smallest absolute Gasteiger partial charge is 0.0991 e. The van der Waals surface area contributed by atoms with E-state index >= 15 is 0 Å². The van der Waals surface area contributed by atoms with Crippen molar-refractivity contribution in [2.75, 3.05) is 6.54 Å². The van der Waals surface area contributed by atoms with Gasteiger partial charge < -0.3 is 10.4 Å². The van der Waals surface area contributed by atoms with Crippen molar-refractivity contribution in [1.29, 1.82) is 5.26 Å². The molecule has 3 heteroatoms. The molecule has 1 fully saturated rings. The molecule has 0 spiro atoms. The Morgan fingerprint density at radius 2 is 2.35 bits per heavy atom. The van der Waals surface area contributed by atoms with Crippen molar-refractivity contribution in [2.45, 2.75) is 31.9 Å². The number of hydrogen-bond acceptors (Lipinski definition) is 3. The third-order valence-electron chi connectivity index (χ3n) is 3.44. The van der Waals surface area contributed by atoms with E-state index in [1.807, 2.05) is 12.1 Å². The topological polar surface area (TPSA) is 56.0 Å². The highest BCUT2D eigenvalue weighted by Crippen LogP contribution is 2.26. The average molecular weight is 230 g/mol. The number of nitrogens with one attached hydrogen (secondary N) is 1. The molecule has 1 aromatic carbocycles. The van der Waals surface area contributed by atoms with E-state index in [9.17, 15) is 5.11 Å². The molecule has 2 rings (SSSR count). The molecule has 1 aromatic rings. The van der Waals surface area contributed by atoms with Gasteiger partial charge in [-0.25, -0.2) is 0 Å². The molecule has 3 unspecified atom stereocenters. The Bertz CT molecular complexity index is 424. The van der Waals surface area contributed by atoms with Gasteiger partial charge in [0.1, 0.15) is 0 Å². The molecule has 0 aliphatic carbocycles. The maximum absolute atomic E-state index is 10.3. The molecule has 1 aliphatic rings. The lowest BCUT2D eigenvalue weighted by Gasteiger charge is -2.31. The summed E-state index contributed by atoms with van der Waals surface area (Å²) < 4.78 is 0. The first-order valence-corrected chi connectivity index (χ1v) is 6.12. The molecule has 2 N–H and O–H groups in total. The summed E-state index contributed by atoms with van der Waals surface area (Å²) >= 11 is 0. The Kier molecular flexibility index (Phi) is 3.78. The molecule has 1 heterocycles. The number of benzene rings is 1. The third kappa shape index (κ3) is 2.85. The van der Waals surface area contributed by atoms with Crippen molar-refractivity contribution < 1.29 is 5.11 Å². The van der Waals surface area contributed by atoms with Crippen LogP contribution < -0.4 is 5.32 Å². The van der Waals surface area contributed by atoms with Gasteiger partial charge in [0.2, 0.25) is 0 Å². The van der Waals surface area contributed by atoms with Crippen LogP contribution in [-0.4, -0.2) is 17.7 Å². The number of nitriles is 1. The van der Waals surface area contributed by atoms with Crippen LogP contribution in [0, 0.1) is 17.2 Å². The second-order valence-electron chi connectivity index (χ2n) is 4.87. The van der Waals surface area contributed by atoms with Gasteiger partial charge in [-0.3, -0.25) is 0 Å². The Morgan fingerprint density at radius 1 is 1.53 bits per heavy atom. The van der Waals surface area contributed by atoms with E-state index in [2.05, 4.69) is 18.3 Å². The van der Waals surface area contributed by atoms with E-state index in [0.29, 0.717) is 11.5 Å². The lowest BCUT2D eigenvalue weighted by molar-refractivity contribution is 0.101. The van der Waals surface area contributed by atoms with Crippen LogP contribution in [0.3, 0.4) is 0 Å². The lowest BCUT2D eigenvalue weighted by atomic mass is 9.88. The van der Waals surface area contributed by atoms with Crippen LogP contribution in [0.15, 0.2) is 24.3 Å². The maximum atomic E-state index is 10.3. The fourth-order valence-electron chi connectivity index (χ4n) is 2.41. The van der Waals surface area contributed by atoms with Gasteiger partial charge in [0.05, 0.1) is 17.7 Å². The number of aliphatic hydroxyl groups is 1. The van der Waals surface area contributed by atoms with Gasteiger partial charge >= 0.3 is 0 Å². The zero-order valence-corrected chi connectivity index (χ0v) is 10.1. The van der Waals surface area contributed by atoms with Crippen LogP contribution in [0.5, 0.6) is 0 Å². The van der Waals surface area contributed by atoms with E-state index in [-0.39, 0.29) is 6.04 Å². The number of piperidine rings is 1. The molecule has 0 amide bonds. The summed E-state index contributed by atoms with van der Waals surface area (Å²) in [4.78, 5) is 0. The quantitative estimate of drug-likeness (QED) is 0.816.